The van der Waals surface area contributed by atoms with Gasteiger partial charge in [-0.25, -0.2) is 0 Å². The number of amides is 1. The molecule has 3 aromatic carbocycles. The molecule has 6 rings (SSSR count). The van der Waals surface area contributed by atoms with Crippen molar-refractivity contribution in [3.05, 3.63) is 121 Å². The Morgan fingerprint density at radius 3 is 2.34 bits per heavy atom. The third kappa shape index (κ3) is 4.05. The first-order valence-electron chi connectivity index (χ1n) is 12.1. The van der Waals surface area contributed by atoms with Crippen LogP contribution in [0.2, 0.25) is 5.02 Å². The average molecular weight is 527 g/mol. The van der Waals surface area contributed by atoms with E-state index < -0.39 is 11.9 Å². The van der Waals surface area contributed by atoms with Crippen molar-refractivity contribution < 1.29 is 18.5 Å². The van der Waals surface area contributed by atoms with Gasteiger partial charge < -0.3 is 13.7 Å². The van der Waals surface area contributed by atoms with Crippen LogP contribution in [0.1, 0.15) is 50.2 Å². The minimum Gasteiger partial charge on any atom is -0.489 e. The van der Waals surface area contributed by atoms with E-state index in [4.69, 9.17) is 25.3 Å². The molecule has 0 saturated heterocycles. The van der Waals surface area contributed by atoms with Crippen LogP contribution in [0.3, 0.4) is 0 Å². The van der Waals surface area contributed by atoms with E-state index in [1.807, 2.05) is 68.4 Å². The van der Waals surface area contributed by atoms with Gasteiger partial charge in [-0.15, -0.1) is 0 Å². The van der Waals surface area contributed by atoms with Crippen molar-refractivity contribution >= 4 is 34.3 Å². The highest BCUT2D eigenvalue weighted by Gasteiger charge is 2.45. The number of anilines is 1. The molecule has 1 aliphatic rings. The molecule has 7 nitrogen and oxygen atoms in total. The Kier molecular flexibility index (Phi) is 5.80. The van der Waals surface area contributed by atoms with E-state index in [-0.39, 0.29) is 16.8 Å². The molecule has 5 aromatic rings. The maximum Gasteiger partial charge on any atom is 0.296 e. The number of aryl methyl sites for hydroxylation is 3. The number of rotatable bonds is 5. The molecule has 0 spiro atoms. The standard InChI is InChI=1S/C30H23ClN2O5/c1-16-12-23-24(13-17(16)2)37-29-26(28(23)34)27(33(30(29)35)25-14-18(3)38-32-25)20-6-10-22(11-7-20)36-15-19-4-8-21(31)9-5-19/h4-14,27H,15H2,1-3H3. The summed E-state index contributed by atoms with van der Waals surface area (Å²) in [5, 5.41) is 5.17. The topological polar surface area (TPSA) is 85.8 Å². The highest BCUT2D eigenvalue weighted by molar-refractivity contribution is 6.30. The Morgan fingerprint density at radius 1 is 0.947 bits per heavy atom. The number of carbonyl (C=O) groups excluding carboxylic acids is 1. The Balaban J connectivity index is 1.43. The minimum absolute atomic E-state index is 0.0134. The average Bonchev–Trinajstić information content (AvgIpc) is 3.46. The first-order valence-corrected chi connectivity index (χ1v) is 12.5. The number of carbonyl (C=O) groups is 1. The third-order valence-electron chi connectivity index (χ3n) is 6.86. The van der Waals surface area contributed by atoms with E-state index in [1.165, 1.54) is 4.90 Å². The van der Waals surface area contributed by atoms with Crippen molar-refractivity contribution in [2.45, 2.75) is 33.4 Å². The lowest BCUT2D eigenvalue weighted by Gasteiger charge is -2.22. The molecule has 0 N–H and O–H groups in total. The van der Waals surface area contributed by atoms with Gasteiger partial charge in [0.25, 0.3) is 5.91 Å². The molecule has 8 heteroatoms. The molecule has 1 unspecified atom stereocenters. The summed E-state index contributed by atoms with van der Waals surface area (Å²) < 4.78 is 17.3. The number of benzene rings is 3. The summed E-state index contributed by atoms with van der Waals surface area (Å²) in [7, 11) is 0. The quantitative estimate of drug-likeness (QED) is 0.253. The lowest BCUT2D eigenvalue weighted by atomic mass is 9.97. The lowest BCUT2D eigenvalue weighted by molar-refractivity contribution is 0.0969. The van der Waals surface area contributed by atoms with Gasteiger partial charge in [-0.2, -0.15) is 0 Å². The second-order valence-electron chi connectivity index (χ2n) is 9.46. The number of nitrogens with zero attached hydrogens (tertiary/aromatic N) is 2. The number of hydrogen-bond acceptors (Lipinski definition) is 6. The first-order chi connectivity index (χ1) is 18.3. The van der Waals surface area contributed by atoms with Crippen LogP contribution in [0.15, 0.2) is 80.5 Å². The highest BCUT2D eigenvalue weighted by atomic mass is 35.5. The summed E-state index contributed by atoms with van der Waals surface area (Å²) in [6.07, 6.45) is 0. The van der Waals surface area contributed by atoms with Crippen molar-refractivity contribution in [2.75, 3.05) is 4.90 Å². The monoisotopic (exact) mass is 526 g/mol. The van der Waals surface area contributed by atoms with E-state index in [0.717, 1.165) is 16.7 Å². The summed E-state index contributed by atoms with van der Waals surface area (Å²) in [5.41, 5.74) is 4.06. The Bertz CT molecular complexity index is 1750. The van der Waals surface area contributed by atoms with Crippen LogP contribution in [0.5, 0.6) is 5.75 Å². The van der Waals surface area contributed by atoms with Crippen LogP contribution < -0.4 is 15.1 Å². The van der Waals surface area contributed by atoms with Crippen molar-refractivity contribution in [1.29, 1.82) is 0 Å². The molecular weight excluding hydrogens is 504 g/mol. The summed E-state index contributed by atoms with van der Waals surface area (Å²) in [5.74, 6) is 1.07. The number of hydrogen-bond donors (Lipinski definition) is 0. The van der Waals surface area contributed by atoms with Gasteiger partial charge in [-0.3, -0.25) is 14.5 Å². The minimum atomic E-state index is -0.741. The van der Waals surface area contributed by atoms with Gasteiger partial charge in [0.2, 0.25) is 5.76 Å². The molecule has 0 saturated carbocycles. The van der Waals surface area contributed by atoms with Crippen LogP contribution in [-0.2, 0) is 6.61 Å². The SMILES string of the molecule is Cc1cc(N2C(=O)c3oc4cc(C)c(C)cc4c(=O)c3C2c2ccc(OCc3ccc(Cl)cc3)cc2)no1. The zero-order valence-corrected chi connectivity index (χ0v) is 21.7. The number of halogens is 1. The van der Waals surface area contributed by atoms with E-state index in [2.05, 4.69) is 5.16 Å². The van der Waals surface area contributed by atoms with Crippen LogP contribution in [0.4, 0.5) is 5.82 Å². The van der Waals surface area contributed by atoms with E-state index in [9.17, 15) is 9.59 Å². The van der Waals surface area contributed by atoms with E-state index in [1.54, 1.807) is 19.1 Å². The van der Waals surface area contributed by atoms with E-state index in [0.29, 0.717) is 45.5 Å². The van der Waals surface area contributed by atoms with Gasteiger partial charge >= 0.3 is 0 Å². The predicted molar refractivity (Wildman–Crippen MR) is 144 cm³/mol. The molecule has 0 radical (unpaired) electrons. The fourth-order valence-electron chi connectivity index (χ4n) is 4.74. The van der Waals surface area contributed by atoms with Gasteiger partial charge in [-0.1, -0.05) is 41.0 Å². The van der Waals surface area contributed by atoms with Crippen molar-refractivity contribution in [3.8, 4) is 5.75 Å². The molecule has 0 bridgehead atoms. The molecule has 190 valence electrons. The lowest BCUT2D eigenvalue weighted by Crippen LogP contribution is -2.29. The zero-order valence-electron chi connectivity index (χ0n) is 20.9. The maximum absolute atomic E-state index is 13.8. The molecule has 0 fully saturated rings. The Hall–Kier alpha value is -4.36. The molecule has 1 aliphatic heterocycles. The van der Waals surface area contributed by atoms with Gasteiger partial charge in [0.15, 0.2) is 11.2 Å². The number of fused-ring (bicyclic) bond motifs is 2. The zero-order chi connectivity index (χ0) is 26.6. The van der Waals surface area contributed by atoms with Crippen molar-refractivity contribution in [2.24, 2.45) is 0 Å². The van der Waals surface area contributed by atoms with E-state index >= 15 is 0 Å². The first kappa shape index (κ1) is 24.0. The highest BCUT2D eigenvalue weighted by Crippen LogP contribution is 2.41. The van der Waals surface area contributed by atoms with Crippen molar-refractivity contribution in [3.63, 3.8) is 0 Å². The smallest absolute Gasteiger partial charge is 0.296 e. The van der Waals surface area contributed by atoms with Gasteiger partial charge in [-0.05, 0) is 79.4 Å². The summed E-state index contributed by atoms with van der Waals surface area (Å²) in [6.45, 7) is 6.00. The fourth-order valence-corrected chi connectivity index (χ4v) is 4.87. The van der Waals surface area contributed by atoms with Crippen LogP contribution >= 0.6 is 11.6 Å². The third-order valence-corrected chi connectivity index (χ3v) is 7.12. The summed E-state index contributed by atoms with van der Waals surface area (Å²) in [6, 6.07) is 19.3. The second kappa shape index (κ2) is 9.19. The van der Waals surface area contributed by atoms with Crippen LogP contribution in [-0.4, -0.2) is 11.1 Å². The Labute approximate surface area is 223 Å². The predicted octanol–water partition coefficient (Wildman–Crippen LogP) is 6.69. The molecule has 1 atom stereocenters. The molecular formula is C30H23ClN2O5. The Morgan fingerprint density at radius 2 is 1.66 bits per heavy atom. The molecule has 0 aliphatic carbocycles. The van der Waals surface area contributed by atoms with Crippen LogP contribution in [0, 0.1) is 20.8 Å². The molecule has 1 amide bonds. The summed E-state index contributed by atoms with van der Waals surface area (Å²) >= 11 is 5.96. The van der Waals surface area contributed by atoms with Gasteiger partial charge in [0.1, 0.15) is 23.7 Å². The second-order valence-corrected chi connectivity index (χ2v) is 9.90. The number of ether oxygens (including phenoxy) is 1. The molecule has 2 aromatic heterocycles. The largest absolute Gasteiger partial charge is 0.489 e. The maximum atomic E-state index is 13.8. The van der Waals surface area contributed by atoms with Gasteiger partial charge in [0, 0.05) is 11.1 Å². The summed E-state index contributed by atoms with van der Waals surface area (Å²) in [4.78, 5) is 28.9. The fraction of sp³-hybridized carbons (Fsp3) is 0.167. The normalized spacial score (nSPS) is 14.8. The molecule has 38 heavy (non-hydrogen) atoms. The van der Waals surface area contributed by atoms with Crippen LogP contribution in [0.25, 0.3) is 11.0 Å². The molecule has 3 heterocycles. The van der Waals surface area contributed by atoms with Gasteiger partial charge in [0.05, 0.1) is 17.0 Å². The van der Waals surface area contributed by atoms with Crippen molar-refractivity contribution in [1.82, 2.24) is 5.16 Å². The number of aromatic nitrogens is 1.